The van der Waals surface area contributed by atoms with Crippen LogP contribution in [0.15, 0.2) is 12.4 Å². The highest BCUT2D eigenvalue weighted by Crippen LogP contribution is 2.32. The molecule has 0 aliphatic heterocycles. The third-order valence-electron chi connectivity index (χ3n) is 1.62. The van der Waals surface area contributed by atoms with Crippen molar-refractivity contribution in [2.24, 2.45) is 0 Å². The van der Waals surface area contributed by atoms with Gasteiger partial charge in [-0.05, 0) is 0 Å². The monoisotopic (exact) mass is 248 g/mol. The van der Waals surface area contributed by atoms with Crippen molar-refractivity contribution >= 4 is 0 Å². The maximum absolute atomic E-state index is 12.0. The highest BCUT2D eigenvalue weighted by molar-refractivity contribution is 5.09. The Hall–Kier alpha value is -1.25. The molecule has 0 amide bonds. The lowest BCUT2D eigenvalue weighted by atomic mass is 10.2. The molecule has 0 aliphatic carbocycles. The van der Waals surface area contributed by atoms with E-state index in [-0.39, 0.29) is 4.68 Å². The smallest absolute Gasteiger partial charge is 0.379 e. The van der Waals surface area contributed by atoms with Crippen LogP contribution in [-0.4, -0.2) is 27.2 Å². The minimum Gasteiger partial charge on any atom is -0.379 e. The van der Waals surface area contributed by atoms with E-state index >= 15 is 0 Å². The van der Waals surface area contributed by atoms with Crippen molar-refractivity contribution in [1.29, 1.82) is 0 Å². The van der Waals surface area contributed by atoms with Crippen LogP contribution in [0.1, 0.15) is 11.7 Å². The van der Waals surface area contributed by atoms with E-state index < -0.39 is 30.6 Å². The highest BCUT2D eigenvalue weighted by Gasteiger charge is 2.40. The number of hydrogen-bond donors (Lipinski definition) is 1. The molecule has 1 aromatic rings. The van der Waals surface area contributed by atoms with E-state index in [0.29, 0.717) is 12.4 Å². The first-order valence-corrected chi connectivity index (χ1v) is 3.93. The largest absolute Gasteiger partial charge is 0.418 e. The molecule has 1 heterocycles. The lowest BCUT2D eigenvalue weighted by Gasteiger charge is -2.12. The van der Waals surface area contributed by atoms with Gasteiger partial charge in [0.2, 0.25) is 0 Å². The van der Waals surface area contributed by atoms with Gasteiger partial charge in [0.25, 0.3) is 0 Å². The van der Waals surface area contributed by atoms with Crippen molar-refractivity contribution in [3.8, 4) is 0 Å². The first-order chi connectivity index (χ1) is 7.09. The Kier molecular flexibility index (Phi) is 3.17. The number of aromatic nitrogens is 2. The van der Waals surface area contributed by atoms with E-state index in [4.69, 9.17) is 5.11 Å². The molecule has 1 unspecified atom stereocenters. The number of nitrogens with zero attached hydrogens (tertiary/aromatic N) is 2. The molecule has 0 spiro atoms. The van der Waals surface area contributed by atoms with Gasteiger partial charge in [0, 0.05) is 11.8 Å². The molecule has 0 radical (unpaired) electrons. The summed E-state index contributed by atoms with van der Waals surface area (Å²) < 4.78 is 71.7. The van der Waals surface area contributed by atoms with E-state index in [0.717, 1.165) is 0 Å². The third-order valence-corrected chi connectivity index (χ3v) is 1.62. The van der Waals surface area contributed by atoms with Crippen LogP contribution in [-0.2, 0) is 6.54 Å². The molecule has 16 heavy (non-hydrogen) atoms. The summed E-state index contributed by atoms with van der Waals surface area (Å²) in [6.45, 7) is -1.50. The predicted octanol–water partition coefficient (Wildman–Crippen LogP) is 2.04. The molecule has 0 aliphatic rings. The van der Waals surface area contributed by atoms with Crippen molar-refractivity contribution in [3.05, 3.63) is 18.0 Å². The van der Waals surface area contributed by atoms with Crippen molar-refractivity contribution in [2.75, 3.05) is 0 Å². The van der Waals surface area contributed by atoms with Crippen LogP contribution in [0, 0.1) is 0 Å². The predicted molar refractivity (Wildman–Crippen MR) is 39.3 cm³/mol. The van der Waals surface area contributed by atoms with Crippen LogP contribution >= 0.6 is 0 Å². The first-order valence-electron chi connectivity index (χ1n) is 3.93. The normalized spacial score (nSPS) is 15.2. The van der Waals surface area contributed by atoms with E-state index in [1.54, 1.807) is 0 Å². The fraction of sp³-hybridized carbons (Fsp3) is 0.571. The van der Waals surface area contributed by atoms with Gasteiger partial charge in [-0.1, -0.05) is 0 Å². The van der Waals surface area contributed by atoms with E-state index in [1.165, 1.54) is 0 Å². The quantitative estimate of drug-likeness (QED) is 0.813. The molecular weight excluding hydrogens is 242 g/mol. The Morgan fingerprint density at radius 2 is 1.81 bits per heavy atom. The van der Waals surface area contributed by atoms with Gasteiger partial charge in [0.15, 0.2) is 6.10 Å². The number of aliphatic hydroxyl groups is 1. The highest BCUT2D eigenvalue weighted by atomic mass is 19.4. The SMILES string of the molecule is OC(c1cnn(CC(F)(F)F)c1)C(F)(F)F. The first kappa shape index (κ1) is 12.8. The van der Waals surface area contributed by atoms with Gasteiger partial charge in [0.1, 0.15) is 6.54 Å². The van der Waals surface area contributed by atoms with Gasteiger partial charge < -0.3 is 5.11 Å². The summed E-state index contributed by atoms with van der Waals surface area (Å²) in [5.74, 6) is 0. The Bertz CT molecular complexity index is 354. The Balaban J connectivity index is 2.80. The fourth-order valence-corrected chi connectivity index (χ4v) is 0.980. The van der Waals surface area contributed by atoms with Crippen LogP contribution in [0.3, 0.4) is 0 Å². The molecule has 92 valence electrons. The van der Waals surface area contributed by atoms with Crippen LogP contribution < -0.4 is 0 Å². The standard InChI is InChI=1S/C7H6F6N2O/c8-6(9,10)3-15-2-4(1-14-15)5(16)7(11,12)13/h1-2,5,16H,3H2. The van der Waals surface area contributed by atoms with Crippen LogP contribution in [0.2, 0.25) is 0 Å². The average molecular weight is 248 g/mol. The molecule has 1 rings (SSSR count). The summed E-state index contributed by atoms with van der Waals surface area (Å²) in [5, 5.41) is 11.8. The molecule has 0 bridgehead atoms. The second-order valence-electron chi connectivity index (χ2n) is 3.03. The summed E-state index contributed by atoms with van der Waals surface area (Å²) in [7, 11) is 0. The summed E-state index contributed by atoms with van der Waals surface area (Å²) in [6, 6.07) is 0. The average Bonchev–Trinajstić information content (AvgIpc) is 2.46. The van der Waals surface area contributed by atoms with E-state index in [9.17, 15) is 26.3 Å². The Morgan fingerprint density at radius 3 is 2.25 bits per heavy atom. The number of rotatable bonds is 2. The van der Waals surface area contributed by atoms with Crippen molar-refractivity contribution in [3.63, 3.8) is 0 Å². The fourth-order valence-electron chi connectivity index (χ4n) is 0.980. The molecule has 0 aromatic carbocycles. The summed E-state index contributed by atoms with van der Waals surface area (Å²) in [5.41, 5.74) is -0.725. The van der Waals surface area contributed by atoms with Gasteiger partial charge in [-0.3, -0.25) is 4.68 Å². The molecule has 1 N–H and O–H groups in total. The van der Waals surface area contributed by atoms with Gasteiger partial charge in [0.05, 0.1) is 6.20 Å². The molecule has 3 nitrogen and oxygen atoms in total. The maximum Gasteiger partial charge on any atom is 0.418 e. The van der Waals surface area contributed by atoms with Gasteiger partial charge >= 0.3 is 12.4 Å². The summed E-state index contributed by atoms with van der Waals surface area (Å²) >= 11 is 0. The lowest BCUT2D eigenvalue weighted by Crippen LogP contribution is -2.20. The molecule has 0 fully saturated rings. The minimum absolute atomic E-state index is 0.282. The van der Waals surface area contributed by atoms with Crippen molar-refractivity contribution < 1.29 is 31.4 Å². The maximum atomic E-state index is 12.0. The lowest BCUT2D eigenvalue weighted by molar-refractivity contribution is -0.206. The number of aliphatic hydroxyl groups excluding tert-OH is 1. The zero-order chi connectivity index (χ0) is 12.6. The van der Waals surface area contributed by atoms with Crippen LogP contribution in [0.5, 0.6) is 0 Å². The number of hydrogen-bond acceptors (Lipinski definition) is 2. The molecule has 1 atom stereocenters. The Morgan fingerprint density at radius 1 is 1.25 bits per heavy atom. The molecule has 0 saturated carbocycles. The minimum atomic E-state index is -4.92. The zero-order valence-electron chi connectivity index (χ0n) is 7.55. The van der Waals surface area contributed by atoms with E-state index in [1.807, 2.05) is 0 Å². The molecular formula is C7H6F6N2O. The zero-order valence-corrected chi connectivity index (χ0v) is 7.55. The number of halogens is 6. The van der Waals surface area contributed by atoms with Gasteiger partial charge in [-0.15, -0.1) is 0 Å². The van der Waals surface area contributed by atoms with Crippen LogP contribution in [0.4, 0.5) is 26.3 Å². The van der Waals surface area contributed by atoms with Crippen molar-refractivity contribution in [1.82, 2.24) is 9.78 Å². The Labute approximate surface area is 85.3 Å². The van der Waals surface area contributed by atoms with Gasteiger partial charge in [-0.2, -0.15) is 31.4 Å². The second kappa shape index (κ2) is 3.96. The molecule has 9 heteroatoms. The summed E-state index contributed by atoms with van der Waals surface area (Å²) in [4.78, 5) is 0. The summed E-state index contributed by atoms with van der Waals surface area (Å²) in [6.07, 6.45) is -11.3. The van der Waals surface area contributed by atoms with Gasteiger partial charge in [-0.25, -0.2) is 0 Å². The number of alkyl halides is 6. The van der Waals surface area contributed by atoms with Crippen LogP contribution in [0.25, 0.3) is 0 Å². The second-order valence-corrected chi connectivity index (χ2v) is 3.03. The molecule has 1 aromatic heterocycles. The van der Waals surface area contributed by atoms with Crippen molar-refractivity contribution in [2.45, 2.75) is 25.0 Å². The van der Waals surface area contributed by atoms with E-state index in [2.05, 4.69) is 5.10 Å². The third kappa shape index (κ3) is 3.40. The molecule has 0 saturated heterocycles. The topological polar surface area (TPSA) is 38.1 Å².